The molecule has 3 atom stereocenters. The normalized spacial score (nSPS) is 28.8. The van der Waals surface area contributed by atoms with Crippen molar-refractivity contribution in [1.29, 1.82) is 0 Å². The number of ether oxygens (including phenoxy) is 1. The van der Waals surface area contributed by atoms with Gasteiger partial charge in [-0.05, 0) is 25.7 Å². The van der Waals surface area contributed by atoms with Crippen molar-refractivity contribution in [3.63, 3.8) is 0 Å². The highest BCUT2D eigenvalue weighted by Crippen LogP contribution is 2.21. The second kappa shape index (κ2) is 5.32. The summed E-state index contributed by atoms with van der Waals surface area (Å²) in [7, 11) is 1.69. The Morgan fingerprint density at radius 1 is 1.64 bits per heavy atom. The number of nitrogens with one attached hydrogen (secondary N) is 1. The predicted octanol–water partition coefficient (Wildman–Crippen LogP) is 0.407. The monoisotopic (exact) mass is 200 g/mol. The van der Waals surface area contributed by atoms with Crippen LogP contribution in [0.25, 0.3) is 0 Å². The topological polar surface area (TPSA) is 64.4 Å². The standard InChI is InChI=1S/C10H20N2O2/c1-3-7(11)10(13)12-8-5-4-6-9(8)14-2/h7-9H,3-6,11H2,1-2H3,(H,12,13)/t7-,8?,9?/m1/s1. The lowest BCUT2D eigenvalue weighted by atomic mass is 10.1. The molecule has 0 aromatic rings. The molecule has 0 aliphatic heterocycles. The highest BCUT2D eigenvalue weighted by atomic mass is 16.5. The van der Waals surface area contributed by atoms with Crippen LogP contribution in [0.15, 0.2) is 0 Å². The largest absolute Gasteiger partial charge is 0.379 e. The molecule has 1 fully saturated rings. The molecule has 1 saturated carbocycles. The van der Waals surface area contributed by atoms with Gasteiger partial charge in [0.15, 0.2) is 0 Å². The molecule has 0 aromatic carbocycles. The lowest BCUT2D eigenvalue weighted by molar-refractivity contribution is -0.123. The summed E-state index contributed by atoms with van der Waals surface area (Å²) in [6.45, 7) is 1.91. The van der Waals surface area contributed by atoms with E-state index in [-0.39, 0.29) is 24.1 Å². The van der Waals surface area contributed by atoms with E-state index in [1.54, 1.807) is 7.11 Å². The lowest BCUT2D eigenvalue weighted by Gasteiger charge is -2.21. The van der Waals surface area contributed by atoms with E-state index in [0.29, 0.717) is 6.42 Å². The van der Waals surface area contributed by atoms with Gasteiger partial charge in [0.1, 0.15) is 0 Å². The third kappa shape index (κ3) is 2.69. The van der Waals surface area contributed by atoms with Crippen molar-refractivity contribution in [1.82, 2.24) is 5.32 Å². The van der Waals surface area contributed by atoms with Gasteiger partial charge in [-0.2, -0.15) is 0 Å². The molecule has 0 saturated heterocycles. The lowest BCUT2D eigenvalue weighted by Crippen LogP contribution is -2.48. The Balaban J connectivity index is 2.39. The van der Waals surface area contributed by atoms with Gasteiger partial charge in [-0.3, -0.25) is 4.79 Å². The van der Waals surface area contributed by atoms with E-state index >= 15 is 0 Å². The van der Waals surface area contributed by atoms with Gasteiger partial charge >= 0.3 is 0 Å². The van der Waals surface area contributed by atoms with E-state index < -0.39 is 0 Å². The Bertz CT molecular complexity index is 197. The van der Waals surface area contributed by atoms with Gasteiger partial charge in [-0.25, -0.2) is 0 Å². The Morgan fingerprint density at radius 2 is 2.36 bits per heavy atom. The van der Waals surface area contributed by atoms with Crippen LogP contribution in [0.5, 0.6) is 0 Å². The number of hydrogen-bond acceptors (Lipinski definition) is 3. The molecule has 4 heteroatoms. The third-order valence-corrected chi connectivity index (χ3v) is 2.86. The first-order valence-electron chi connectivity index (χ1n) is 5.27. The minimum absolute atomic E-state index is 0.0542. The van der Waals surface area contributed by atoms with Crippen molar-refractivity contribution in [2.24, 2.45) is 5.73 Å². The first-order chi connectivity index (χ1) is 6.69. The van der Waals surface area contributed by atoms with E-state index in [9.17, 15) is 4.79 Å². The molecule has 0 aromatic heterocycles. The predicted molar refractivity (Wildman–Crippen MR) is 54.8 cm³/mol. The Kier molecular flexibility index (Phi) is 4.35. The second-order valence-electron chi connectivity index (χ2n) is 3.83. The van der Waals surface area contributed by atoms with Gasteiger partial charge < -0.3 is 15.8 Å². The van der Waals surface area contributed by atoms with Crippen LogP contribution in [-0.2, 0) is 9.53 Å². The van der Waals surface area contributed by atoms with Crippen molar-refractivity contribution in [2.45, 2.75) is 50.8 Å². The molecule has 14 heavy (non-hydrogen) atoms. The van der Waals surface area contributed by atoms with E-state index in [1.165, 1.54) is 0 Å². The van der Waals surface area contributed by atoms with Gasteiger partial charge in [-0.1, -0.05) is 6.92 Å². The smallest absolute Gasteiger partial charge is 0.237 e. The number of nitrogens with two attached hydrogens (primary N) is 1. The van der Waals surface area contributed by atoms with Crippen LogP contribution in [0.1, 0.15) is 32.6 Å². The minimum atomic E-state index is -0.381. The maximum absolute atomic E-state index is 11.5. The number of rotatable bonds is 4. The number of carbonyl (C=O) groups excluding carboxylic acids is 1. The van der Waals surface area contributed by atoms with Gasteiger partial charge in [0, 0.05) is 7.11 Å². The van der Waals surface area contributed by atoms with Crippen molar-refractivity contribution < 1.29 is 9.53 Å². The summed E-state index contributed by atoms with van der Waals surface area (Å²) in [6, 6.07) is -0.224. The molecule has 1 rings (SSSR count). The quantitative estimate of drug-likeness (QED) is 0.690. The Hall–Kier alpha value is -0.610. The van der Waals surface area contributed by atoms with Gasteiger partial charge in [0.25, 0.3) is 0 Å². The van der Waals surface area contributed by atoms with Crippen LogP contribution in [0.2, 0.25) is 0 Å². The molecule has 0 bridgehead atoms. The molecule has 3 N–H and O–H groups in total. The summed E-state index contributed by atoms with van der Waals surface area (Å²) >= 11 is 0. The van der Waals surface area contributed by atoms with Crippen LogP contribution in [0.3, 0.4) is 0 Å². The van der Waals surface area contributed by atoms with Crippen LogP contribution in [0, 0.1) is 0 Å². The molecule has 82 valence electrons. The zero-order valence-corrected chi connectivity index (χ0v) is 8.95. The Labute approximate surface area is 85.2 Å². The van der Waals surface area contributed by atoms with Crippen LogP contribution >= 0.6 is 0 Å². The fourth-order valence-corrected chi connectivity index (χ4v) is 1.85. The fourth-order valence-electron chi connectivity index (χ4n) is 1.85. The SMILES string of the molecule is CC[C@@H](N)C(=O)NC1CCCC1OC. The molecule has 1 aliphatic rings. The van der Waals surface area contributed by atoms with Crippen LogP contribution in [0.4, 0.5) is 0 Å². The summed E-state index contributed by atoms with van der Waals surface area (Å²) in [6.07, 6.45) is 3.99. The third-order valence-electron chi connectivity index (χ3n) is 2.86. The van der Waals surface area contributed by atoms with E-state index in [4.69, 9.17) is 10.5 Å². The van der Waals surface area contributed by atoms with Crippen LogP contribution in [-0.4, -0.2) is 31.2 Å². The summed E-state index contributed by atoms with van der Waals surface area (Å²) in [5.74, 6) is -0.0542. The maximum atomic E-state index is 11.5. The molecule has 1 aliphatic carbocycles. The van der Waals surface area contributed by atoms with Crippen molar-refractivity contribution >= 4 is 5.91 Å². The number of methoxy groups -OCH3 is 1. The molecular formula is C10H20N2O2. The number of carbonyl (C=O) groups is 1. The second-order valence-corrected chi connectivity index (χ2v) is 3.83. The molecule has 0 spiro atoms. The summed E-state index contributed by atoms with van der Waals surface area (Å²) in [5, 5.41) is 2.94. The number of hydrogen-bond donors (Lipinski definition) is 2. The van der Waals surface area contributed by atoms with Crippen LogP contribution < -0.4 is 11.1 Å². The van der Waals surface area contributed by atoms with Gasteiger partial charge in [-0.15, -0.1) is 0 Å². The van der Waals surface area contributed by atoms with Crippen molar-refractivity contribution in [2.75, 3.05) is 7.11 Å². The average Bonchev–Trinajstić information content (AvgIpc) is 2.63. The van der Waals surface area contributed by atoms with Crippen molar-refractivity contribution in [3.05, 3.63) is 0 Å². The first-order valence-corrected chi connectivity index (χ1v) is 5.27. The maximum Gasteiger partial charge on any atom is 0.237 e. The summed E-state index contributed by atoms with van der Waals surface area (Å²) in [5.41, 5.74) is 5.63. The number of amides is 1. The highest BCUT2D eigenvalue weighted by Gasteiger charge is 2.29. The van der Waals surface area contributed by atoms with E-state index in [1.807, 2.05) is 6.92 Å². The molecule has 0 radical (unpaired) electrons. The summed E-state index contributed by atoms with van der Waals surface area (Å²) < 4.78 is 5.28. The molecule has 2 unspecified atom stereocenters. The zero-order chi connectivity index (χ0) is 10.6. The van der Waals surface area contributed by atoms with Crippen molar-refractivity contribution in [3.8, 4) is 0 Å². The zero-order valence-electron chi connectivity index (χ0n) is 8.95. The van der Waals surface area contributed by atoms with Gasteiger partial charge in [0.2, 0.25) is 5.91 Å². The van der Waals surface area contributed by atoms with E-state index in [2.05, 4.69) is 5.32 Å². The molecule has 0 heterocycles. The Morgan fingerprint density at radius 3 is 2.93 bits per heavy atom. The first kappa shape index (κ1) is 11.5. The molecular weight excluding hydrogens is 180 g/mol. The minimum Gasteiger partial charge on any atom is -0.379 e. The van der Waals surface area contributed by atoms with Gasteiger partial charge in [0.05, 0.1) is 18.2 Å². The van der Waals surface area contributed by atoms with E-state index in [0.717, 1.165) is 19.3 Å². The highest BCUT2D eigenvalue weighted by molar-refractivity contribution is 5.81. The summed E-state index contributed by atoms with van der Waals surface area (Å²) in [4.78, 5) is 11.5. The molecule has 4 nitrogen and oxygen atoms in total. The fraction of sp³-hybridized carbons (Fsp3) is 0.900. The average molecular weight is 200 g/mol. The molecule has 1 amide bonds.